The molecule has 0 atom stereocenters. The third kappa shape index (κ3) is 6.08. The van der Waals surface area contributed by atoms with E-state index in [1.165, 1.54) is 19.2 Å². The van der Waals surface area contributed by atoms with Gasteiger partial charge in [0.1, 0.15) is 17.3 Å². The van der Waals surface area contributed by atoms with Crippen molar-refractivity contribution in [2.75, 3.05) is 20.3 Å². The van der Waals surface area contributed by atoms with Gasteiger partial charge < -0.3 is 13.7 Å². The van der Waals surface area contributed by atoms with Gasteiger partial charge in [0.15, 0.2) is 11.5 Å². The van der Waals surface area contributed by atoms with Crippen molar-refractivity contribution in [2.24, 2.45) is 0 Å². The number of carbonyl (C=O) groups is 2. The number of imide groups is 1. The second-order valence-corrected chi connectivity index (χ2v) is 11.9. The Labute approximate surface area is 242 Å². The molecule has 10 heteroatoms. The molecule has 0 saturated carbocycles. The van der Waals surface area contributed by atoms with Crippen LogP contribution in [0.15, 0.2) is 88.7 Å². The van der Waals surface area contributed by atoms with Crippen LogP contribution in [-0.2, 0) is 14.9 Å². The minimum atomic E-state index is -4.18. The SMILES string of the molecule is COc1cc(/C=C2\SC(=O)N(CCOc3cc(C)ccc3C)C2=O)ccc1OS(=O)(=O)c1cccc2ccccc12. The van der Waals surface area contributed by atoms with E-state index in [4.69, 9.17) is 13.7 Å². The summed E-state index contributed by atoms with van der Waals surface area (Å²) in [6.07, 6.45) is 1.56. The predicted molar refractivity (Wildman–Crippen MR) is 159 cm³/mol. The standard InChI is InChI=1S/C31H27NO7S2/c1-20-11-12-21(2)26(17-20)38-16-15-32-30(33)28(40-31(32)34)19-22-13-14-25(27(18-22)37-3)39-41(35,36)29-10-6-8-23-7-4-5-9-24(23)29/h4-14,17-19H,15-16H2,1-3H3/b28-19-. The first kappa shape index (κ1) is 28.3. The van der Waals surface area contributed by atoms with Crippen molar-refractivity contribution in [1.29, 1.82) is 0 Å². The van der Waals surface area contributed by atoms with E-state index in [2.05, 4.69) is 0 Å². The number of methoxy groups -OCH3 is 1. The highest BCUT2D eigenvalue weighted by molar-refractivity contribution is 8.18. The Balaban J connectivity index is 1.31. The van der Waals surface area contributed by atoms with Crippen LogP contribution >= 0.6 is 11.8 Å². The molecule has 2 amide bonds. The van der Waals surface area contributed by atoms with Crippen LogP contribution in [0.25, 0.3) is 16.8 Å². The van der Waals surface area contributed by atoms with Gasteiger partial charge in [-0.15, -0.1) is 0 Å². The molecule has 0 spiro atoms. The summed E-state index contributed by atoms with van der Waals surface area (Å²) in [6, 6.07) is 22.5. The zero-order chi connectivity index (χ0) is 29.1. The molecule has 0 aromatic heterocycles. The maximum atomic E-state index is 13.2. The molecule has 1 fully saturated rings. The first-order chi connectivity index (χ1) is 19.7. The number of hydrogen-bond acceptors (Lipinski definition) is 8. The van der Waals surface area contributed by atoms with E-state index in [1.54, 1.807) is 36.4 Å². The first-order valence-electron chi connectivity index (χ1n) is 12.7. The number of hydrogen-bond donors (Lipinski definition) is 0. The molecule has 1 aliphatic rings. The van der Waals surface area contributed by atoms with Gasteiger partial charge in [-0.3, -0.25) is 14.5 Å². The van der Waals surface area contributed by atoms with Gasteiger partial charge in [-0.05, 0) is 78.0 Å². The van der Waals surface area contributed by atoms with Crippen LogP contribution in [0.4, 0.5) is 4.79 Å². The average molecular weight is 590 g/mol. The highest BCUT2D eigenvalue weighted by atomic mass is 32.2. The van der Waals surface area contributed by atoms with E-state index in [9.17, 15) is 18.0 Å². The quantitative estimate of drug-likeness (QED) is 0.165. The monoisotopic (exact) mass is 589 g/mol. The van der Waals surface area contributed by atoms with Crippen LogP contribution in [0, 0.1) is 13.8 Å². The summed E-state index contributed by atoms with van der Waals surface area (Å²) in [6.45, 7) is 4.17. The van der Waals surface area contributed by atoms with Crippen molar-refractivity contribution in [1.82, 2.24) is 4.90 Å². The number of benzene rings is 4. The van der Waals surface area contributed by atoms with E-state index in [-0.39, 0.29) is 39.7 Å². The first-order valence-corrected chi connectivity index (χ1v) is 14.9. The van der Waals surface area contributed by atoms with Crippen molar-refractivity contribution in [3.8, 4) is 17.2 Å². The Morgan fingerprint density at radius 2 is 1.66 bits per heavy atom. The Hall–Kier alpha value is -4.28. The summed E-state index contributed by atoms with van der Waals surface area (Å²) in [5.41, 5.74) is 2.56. The topological polar surface area (TPSA) is 99.2 Å². The molecule has 210 valence electrons. The Morgan fingerprint density at radius 3 is 2.46 bits per heavy atom. The third-order valence-corrected chi connectivity index (χ3v) is 8.69. The maximum Gasteiger partial charge on any atom is 0.339 e. The summed E-state index contributed by atoms with van der Waals surface area (Å²) in [4.78, 5) is 27.0. The summed E-state index contributed by atoms with van der Waals surface area (Å²) in [5.74, 6) is 0.435. The number of fused-ring (bicyclic) bond motifs is 1. The molecule has 1 heterocycles. The Bertz CT molecular complexity index is 1790. The maximum absolute atomic E-state index is 13.2. The molecule has 4 aromatic carbocycles. The van der Waals surface area contributed by atoms with Crippen LogP contribution in [0.3, 0.4) is 0 Å². The Kier molecular flexibility index (Phi) is 8.05. The zero-order valence-electron chi connectivity index (χ0n) is 22.6. The smallest absolute Gasteiger partial charge is 0.339 e. The number of amides is 2. The molecule has 0 aliphatic carbocycles. The fourth-order valence-electron chi connectivity index (χ4n) is 4.37. The molecular weight excluding hydrogens is 562 g/mol. The number of carbonyl (C=O) groups excluding carboxylic acids is 2. The number of ether oxygens (including phenoxy) is 2. The minimum absolute atomic E-state index is 0.00530. The van der Waals surface area contributed by atoms with E-state index in [0.717, 1.165) is 33.2 Å². The van der Waals surface area contributed by atoms with Crippen LogP contribution < -0.4 is 13.7 Å². The third-order valence-electron chi connectivity index (χ3n) is 6.49. The molecule has 1 aliphatic heterocycles. The fourth-order valence-corrected chi connectivity index (χ4v) is 6.40. The summed E-state index contributed by atoms with van der Waals surface area (Å²) in [7, 11) is -2.79. The van der Waals surface area contributed by atoms with Gasteiger partial charge in [0, 0.05) is 5.39 Å². The molecule has 0 N–H and O–H groups in total. The lowest BCUT2D eigenvalue weighted by molar-refractivity contribution is -0.123. The predicted octanol–water partition coefficient (Wildman–Crippen LogP) is 6.35. The lowest BCUT2D eigenvalue weighted by Gasteiger charge is -2.14. The molecule has 0 radical (unpaired) electrons. The van der Waals surface area contributed by atoms with Gasteiger partial charge in [0.25, 0.3) is 11.1 Å². The molecule has 8 nitrogen and oxygen atoms in total. The highest BCUT2D eigenvalue weighted by Gasteiger charge is 2.35. The number of aryl methyl sites for hydroxylation is 2. The van der Waals surface area contributed by atoms with E-state index < -0.39 is 16.0 Å². The Morgan fingerprint density at radius 1 is 0.878 bits per heavy atom. The molecule has 4 aromatic rings. The normalized spacial score (nSPS) is 14.6. The molecule has 41 heavy (non-hydrogen) atoms. The average Bonchev–Trinajstić information content (AvgIpc) is 3.22. The molecular formula is C31H27NO7S2. The lowest BCUT2D eigenvalue weighted by Crippen LogP contribution is -2.32. The molecule has 5 rings (SSSR count). The van der Waals surface area contributed by atoms with Crippen molar-refractivity contribution < 1.29 is 31.7 Å². The second kappa shape index (κ2) is 11.7. The lowest BCUT2D eigenvalue weighted by atomic mass is 10.1. The van der Waals surface area contributed by atoms with E-state index in [0.29, 0.717) is 16.7 Å². The van der Waals surface area contributed by atoms with Crippen molar-refractivity contribution in [2.45, 2.75) is 18.7 Å². The van der Waals surface area contributed by atoms with Crippen LogP contribution in [0.1, 0.15) is 16.7 Å². The minimum Gasteiger partial charge on any atom is -0.493 e. The van der Waals surface area contributed by atoms with Crippen LogP contribution in [0.2, 0.25) is 0 Å². The van der Waals surface area contributed by atoms with Gasteiger partial charge in [-0.2, -0.15) is 8.42 Å². The van der Waals surface area contributed by atoms with Crippen LogP contribution in [0.5, 0.6) is 17.2 Å². The number of thioether (sulfide) groups is 1. The van der Waals surface area contributed by atoms with Gasteiger partial charge in [0.2, 0.25) is 0 Å². The van der Waals surface area contributed by atoms with Crippen molar-refractivity contribution in [3.63, 3.8) is 0 Å². The van der Waals surface area contributed by atoms with Crippen molar-refractivity contribution >= 4 is 49.9 Å². The molecule has 1 saturated heterocycles. The highest BCUT2D eigenvalue weighted by Crippen LogP contribution is 2.36. The zero-order valence-corrected chi connectivity index (χ0v) is 24.3. The second-order valence-electron chi connectivity index (χ2n) is 9.38. The fraction of sp³-hybridized carbons (Fsp3) is 0.161. The van der Waals surface area contributed by atoms with E-state index >= 15 is 0 Å². The van der Waals surface area contributed by atoms with Gasteiger partial charge in [-0.25, -0.2) is 0 Å². The van der Waals surface area contributed by atoms with Gasteiger partial charge >= 0.3 is 10.1 Å². The largest absolute Gasteiger partial charge is 0.493 e. The molecule has 0 bridgehead atoms. The summed E-state index contributed by atoms with van der Waals surface area (Å²) in [5, 5.41) is 0.921. The van der Waals surface area contributed by atoms with Crippen molar-refractivity contribution in [3.05, 3.63) is 100 Å². The summed E-state index contributed by atoms with van der Waals surface area (Å²) >= 11 is 0.830. The van der Waals surface area contributed by atoms with Gasteiger partial charge in [-0.1, -0.05) is 54.6 Å². The number of nitrogens with zero attached hydrogens (tertiary/aromatic N) is 1. The number of rotatable bonds is 9. The van der Waals surface area contributed by atoms with Gasteiger partial charge in [0.05, 0.1) is 18.6 Å². The summed E-state index contributed by atoms with van der Waals surface area (Å²) < 4.78 is 43.1. The van der Waals surface area contributed by atoms with E-state index in [1.807, 2.05) is 50.2 Å². The molecule has 0 unspecified atom stereocenters. The van der Waals surface area contributed by atoms with Crippen LogP contribution in [-0.4, -0.2) is 44.7 Å².